The highest BCUT2D eigenvalue weighted by molar-refractivity contribution is 5.16. The van der Waals surface area contributed by atoms with Crippen molar-refractivity contribution in [1.29, 1.82) is 0 Å². The third kappa shape index (κ3) is 6.06. The molecule has 0 aliphatic heterocycles. The van der Waals surface area contributed by atoms with Crippen LogP contribution in [0, 0.1) is 0 Å². The van der Waals surface area contributed by atoms with Gasteiger partial charge in [-0.15, -0.1) is 0 Å². The van der Waals surface area contributed by atoms with Crippen LogP contribution in [0.3, 0.4) is 0 Å². The lowest BCUT2D eigenvalue weighted by molar-refractivity contribution is -0.138. The molecule has 2 atom stereocenters. The predicted molar refractivity (Wildman–Crippen MR) is 93.5 cm³/mol. The van der Waals surface area contributed by atoms with Crippen molar-refractivity contribution in [3.05, 3.63) is 71.8 Å². The fourth-order valence-electron chi connectivity index (χ4n) is 2.41. The van der Waals surface area contributed by atoms with Crippen LogP contribution in [0.25, 0.3) is 0 Å². The van der Waals surface area contributed by atoms with E-state index in [-0.39, 0.29) is 12.6 Å². The number of methoxy groups -OCH3 is 2. The Bertz CT molecular complexity index is 493. The van der Waals surface area contributed by atoms with E-state index in [1.54, 1.807) is 14.2 Å². The molecule has 0 saturated heterocycles. The second-order valence-corrected chi connectivity index (χ2v) is 5.41. The quantitative estimate of drug-likeness (QED) is 0.449. The van der Waals surface area contributed by atoms with Gasteiger partial charge in [0.2, 0.25) is 0 Å². The SMILES string of the molecule is COC(OCCCCOC(OC)c1ccccc1)c1ccccc1. The Kier molecular flexibility index (Phi) is 8.49. The summed E-state index contributed by atoms with van der Waals surface area (Å²) >= 11 is 0. The topological polar surface area (TPSA) is 36.9 Å². The lowest BCUT2D eigenvalue weighted by Crippen LogP contribution is -2.10. The smallest absolute Gasteiger partial charge is 0.183 e. The highest BCUT2D eigenvalue weighted by Crippen LogP contribution is 2.19. The summed E-state index contributed by atoms with van der Waals surface area (Å²) in [6, 6.07) is 19.9. The van der Waals surface area contributed by atoms with Gasteiger partial charge in [-0.3, -0.25) is 0 Å². The van der Waals surface area contributed by atoms with Crippen molar-refractivity contribution >= 4 is 0 Å². The molecule has 0 spiro atoms. The van der Waals surface area contributed by atoms with Gasteiger partial charge in [0.05, 0.1) is 13.2 Å². The Morgan fingerprint density at radius 1 is 0.625 bits per heavy atom. The Morgan fingerprint density at radius 2 is 1.00 bits per heavy atom. The van der Waals surface area contributed by atoms with Crippen molar-refractivity contribution in [2.24, 2.45) is 0 Å². The largest absolute Gasteiger partial charge is 0.352 e. The van der Waals surface area contributed by atoms with Gasteiger partial charge in [0.15, 0.2) is 12.6 Å². The Morgan fingerprint density at radius 3 is 1.33 bits per heavy atom. The van der Waals surface area contributed by atoms with Gasteiger partial charge < -0.3 is 18.9 Å². The van der Waals surface area contributed by atoms with Crippen LogP contribution in [0.2, 0.25) is 0 Å². The molecule has 0 aliphatic rings. The lowest BCUT2D eigenvalue weighted by Gasteiger charge is -2.18. The number of ether oxygens (including phenoxy) is 4. The normalized spacial score (nSPS) is 13.6. The monoisotopic (exact) mass is 330 g/mol. The van der Waals surface area contributed by atoms with Crippen LogP contribution in [0.4, 0.5) is 0 Å². The van der Waals surface area contributed by atoms with Crippen molar-refractivity contribution in [3.8, 4) is 0 Å². The first-order chi connectivity index (χ1) is 11.8. The van der Waals surface area contributed by atoms with Gasteiger partial charge in [0.25, 0.3) is 0 Å². The van der Waals surface area contributed by atoms with Crippen LogP contribution < -0.4 is 0 Å². The minimum Gasteiger partial charge on any atom is -0.352 e. The fourth-order valence-corrected chi connectivity index (χ4v) is 2.41. The predicted octanol–water partition coefficient (Wildman–Crippen LogP) is 4.49. The average molecular weight is 330 g/mol. The molecule has 2 aromatic rings. The first-order valence-electron chi connectivity index (χ1n) is 8.24. The third-order valence-electron chi connectivity index (χ3n) is 3.65. The molecule has 0 heterocycles. The van der Waals surface area contributed by atoms with E-state index in [2.05, 4.69) is 0 Å². The van der Waals surface area contributed by atoms with Gasteiger partial charge in [-0.1, -0.05) is 60.7 Å². The van der Waals surface area contributed by atoms with Crippen molar-refractivity contribution in [3.63, 3.8) is 0 Å². The molecule has 0 radical (unpaired) electrons. The van der Waals surface area contributed by atoms with Crippen LogP contribution in [0.15, 0.2) is 60.7 Å². The van der Waals surface area contributed by atoms with Gasteiger partial charge >= 0.3 is 0 Å². The van der Waals surface area contributed by atoms with E-state index in [0.717, 1.165) is 24.0 Å². The van der Waals surface area contributed by atoms with Crippen LogP contribution in [0.1, 0.15) is 36.5 Å². The highest BCUT2D eigenvalue weighted by atomic mass is 16.7. The number of hydrogen-bond acceptors (Lipinski definition) is 4. The summed E-state index contributed by atoms with van der Waals surface area (Å²) in [7, 11) is 3.31. The Hall–Kier alpha value is -1.72. The molecule has 0 amide bonds. The number of unbranched alkanes of at least 4 members (excludes halogenated alkanes) is 1. The van der Waals surface area contributed by atoms with E-state index in [1.165, 1.54) is 0 Å². The van der Waals surface area contributed by atoms with Gasteiger partial charge in [0, 0.05) is 25.3 Å². The second-order valence-electron chi connectivity index (χ2n) is 5.41. The molecule has 0 aliphatic carbocycles. The van der Waals surface area contributed by atoms with E-state index in [9.17, 15) is 0 Å². The van der Waals surface area contributed by atoms with E-state index in [1.807, 2.05) is 60.7 Å². The Balaban J connectivity index is 1.64. The molecule has 0 saturated carbocycles. The first-order valence-corrected chi connectivity index (χ1v) is 8.24. The van der Waals surface area contributed by atoms with Crippen molar-refractivity contribution < 1.29 is 18.9 Å². The van der Waals surface area contributed by atoms with E-state index in [0.29, 0.717) is 13.2 Å². The van der Waals surface area contributed by atoms with E-state index < -0.39 is 0 Å². The zero-order chi connectivity index (χ0) is 17.0. The molecule has 24 heavy (non-hydrogen) atoms. The van der Waals surface area contributed by atoms with Crippen LogP contribution >= 0.6 is 0 Å². The van der Waals surface area contributed by atoms with Crippen LogP contribution in [-0.4, -0.2) is 27.4 Å². The van der Waals surface area contributed by atoms with Crippen LogP contribution in [-0.2, 0) is 18.9 Å². The summed E-state index contributed by atoms with van der Waals surface area (Å²) in [4.78, 5) is 0. The molecule has 2 aromatic carbocycles. The van der Waals surface area contributed by atoms with Crippen molar-refractivity contribution in [2.45, 2.75) is 25.4 Å². The van der Waals surface area contributed by atoms with Crippen LogP contribution in [0.5, 0.6) is 0 Å². The maximum Gasteiger partial charge on any atom is 0.183 e. The molecule has 130 valence electrons. The Labute approximate surface area is 144 Å². The van der Waals surface area contributed by atoms with E-state index >= 15 is 0 Å². The molecule has 0 aromatic heterocycles. The van der Waals surface area contributed by atoms with Gasteiger partial charge in [0.1, 0.15) is 0 Å². The third-order valence-corrected chi connectivity index (χ3v) is 3.65. The minimum atomic E-state index is -0.317. The standard InChI is InChI=1S/C20H26O4/c1-21-19(17-11-5-3-6-12-17)23-15-9-10-16-24-20(22-2)18-13-7-4-8-14-18/h3-8,11-14,19-20H,9-10,15-16H2,1-2H3. The summed E-state index contributed by atoms with van der Waals surface area (Å²) in [5.74, 6) is 0. The summed E-state index contributed by atoms with van der Waals surface area (Å²) in [6.07, 6.45) is 1.17. The molecule has 0 bridgehead atoms. The minimum absolute atomic E-state index is 0.317. The summed E-state index contributed by atoms with van der Waals surface area (Å²) in [6.45, 7) is 1.25. The highest BCUT2D eigenvalue weighted by Gasteiger charge is 2.11. The molecule has 4 nitrogen and oxygen atoms in total. The van der Waals surface area contributed by atoms with E-state index in [4.69, 9.17) is 18.9 Å². The molecule has 4 heteroatoms. The second kappa shape index (κ2) is 10.9. The molecule has 2 rings (SSSR count). The molecule has 0 fully saturated rings. The molecular weight excluding hydrogens is 304 g/mol. The summed E-state index contributed by atoms with van der Waals surface area (Å²) in [5.41, 5.74) is 2.06. The van der Waals surface area contributed by atoms with Crippen molar-refractivity contribution in [1.82, 2.24) is 0 Å². The lowest BCUT2D eigenvalue weighted by atomic mass is 10.2. The number of hydrogen-bond donors (Lipinski definition) is 0. The summed E-state index contributed by atoms with van der Waals surface area (Å²) in [5, 5.41) is 0. The first kappa shape index (κ1) is 18.6. The summed E-state index contributed by atoms with van der Waals surface area (Å²) < 4.78 is 22.3. The maximum absolute atomic E-state index is 5.79. The zero-order valence-electron chi connectivity index (χ0n) is 14.4. The number of benzene rings is 2. The molecule has 0 N–H and O–H groups in total. The fraction of sp³-hybridized carbons (Fsp3) is 0.400. The molecular formula is C20H26O4. The van der Waals surface area contributed by atoms with Gasteiger partial charge in [-0.25, -0.2) is 0 Å². The van der Waals surface area contributed by atoms with Gasteiger partial charge in [-0.05, 0) is 12.8 Å². The average Bonchev–Trinajstić information content (AvgIpc) is 2.66. The van der Waals surface area contributed by atoms with Gasteiger partial charge in [-0.2, -0.15) is 0 Å². The maximum atomic E-state index is 5.79. The molecule has 2 unspecified atom stereocenters. The zero-order valence-corrected chi connectivity index (χ0v) is 14.4. The number of rotatable bonds is 11. The van der Waals surface area contributed by atoms with Crippen molar-refractivity contribution in [2.75, 3.05) is 27.4 Å².